The Kier molecular flexibility index (Phi) is 4.71. The number of carboxylic acid groups (broad SMARTS) is 1. The summed E-state index contributed by atoms with van der Waals surface area (Å²) in [5.74, 6) is -0.913. The van der Waals surface area contributed by atoms with Crippen molar-refractivity contribution in [2.24, 2.45) is 0 Å². The fourth-order valence-corrected chi connectivity index (χ4v) is 1.53. The third-order valence-electron chi connectivity index (χ3n) is 2.16. The highest BCUT2D eigenvalue weighted by atomic mass is 16.5. The molecule has 0 aromatic heterocycles. The van der Waals surface area contributed by atoms with Gasteiger partial charge in [0.15, 0.2) is 6.04 Å². The van der Waals surface area contributed by atoms with Crippen molar-refractivity contribution in [3.63, 3.8) is 0 Å². The van der Waals surface area contributed by atoms with Gasteiger partial charge < -0.3 is 15.2 Å². The lowest BCUT2D eigenvalue weighted by Gasteiger charge is -2.16. The van der Waals surface area contributed by atoms with E-state index in [4.69, 9.17) is 9.84 Å². The second kappa shape index (κ2) is 6.05. The second-order valence-electron chi connectivity index (χ2n) is 4.21. The molecule has 0 aliphatic heterocycles. The standard InChI is InChI=1S/C13H17NO4/c1-8(2)18-11-6-4-5-10(7-11)12(13(16)17)14-9(3)15/h4-8,12H,1-3H3,(H,14,15)(H,16,17). The molecule has 0 saturated heterocycles. The zero-order valence-electron chi connectivity index (χ0n) is 10.6. The van der Waals surface area contributed by atoms with Gasteiger partial charge in [-0.3, -0.25) is 4.79 Å². The van der Waals surface area contributed by atoms with E-state index in [1.165, 1.54) is 6.92 Å². The number of aliphatic carboxylic acids is 1. The van der Waals surface area contributed by atoms with E-state index in [0.29, 0.717) is 11.3 Å². The predicted molar refractivity (Wildman–Crippen MR) is 66.4 cm³/mol. The molecule has 0 saturated carbocycles. The molecule has 0 aliphatic carbocycles. The van der Waals surface area contributed by atoms with Gasteiger partial charge in [0.1, 0.15) is 5.75 Å². The molecule has 0 bridgehead atoms. The fraction of sp³-hybridized carbons (Fsp3) is 0.385. The van der Waals surface area contributed by atoms with E-state index < -0.39 is 17.9 Å². The molecule has 0 fully saturated rings. The molecule has 0 spiro atoms. The molecule has 18 heavy (non-hydrogen) atoms. The van der Waals surface area contributed by atoms with Gasteiger partial charge in [-0.05, 0) is 31.5 Å². The van der Waals surface area contributed by atoms with E-state index in [9.17, 15) is 9.59 Å². The highest BCUT2D eigenvalue weighted by molar-refractivity contribution is 5.83. The van der Waals surface area contributed by atoms with Crippen molar-refractivity contribution in [1.82, 2.24) is 5.32 Å². The Balaban J connectivity index is 2.97. The topological polar surface area (TPSA) is 75.6 Å². The molecule has 1 amide bonds. The molecular formula is C13H17NO4. The third-order valence-corrected chi connectivity index (χ3v) is 2.16. The van der Waals surface area contributed by atoms with E-state index in [1.54, 1.807) is 24.3 Å². The number of carboxylic acids is 1. The first-order valence-corrected chi connectivity index (χ1v) is 5.66. The van der Waals surface area contributed by atoms with Crippen LogP contribution in [-0.4, -0.2) is 23.1 Å². The molecule has 98 valence electrons. The summed E-state index contributed by atoms with van der Waals surface area (Å²) in [7, 11) is 0. The van der Waals surface area contributed by atoms with Crippen molar-refractivity contribution in [2.75, 3.05) is 0 Å². The molecule has 1 rings (SSSR count). The number of ether oxygens (including phenoxy) is 1. The van der Waals surface area contributed by atoms with Gasteiger partial charge in [-0.25, -0.2) is 4.79 Å². The fourth-order valence-electron chi connectivity index (χ4n) is 1.53. The minimum atomic E-state index is -1.10. The van der Waals surface area contributed by atoms with Gasteiger partial charge in [-0.15, -0.1) is 0 Å². The van der Waals surface area contributed by atoms with Crippen LogP contribution >= 0.6 is 0 Å². The Labute approximate surface area is 106 Å². The first-order valence-electron chi connectivity index (χ1n) is 5.66. The minimum Gasteiger partial charge on any atom is -0.491 e. The molecule has 0 heterocycles. The minimum absolute atomic E-state index is 0.00398. The maximum atomic E-state index is 11.1. The van der Waals surface area contributed by atoms with Crippen LogP contribution in [0, 0.1) is 0 Å². The van der Waals surface area contributed by atoms with Crippen molar-refractivity contribution >= 4 is 11.9 Å². The van der Waals surface area contributed by atoms with Gasteiger partial charge in [0.05, 0.1) is 6.10 Å². The molecular weight excluding hydrogens is 234 g/mol. The van der Waals surface area contributed by atoms with Crippen LogP contribution in [0.3, 0.4) is 0 Å². The van der Waals surface area contributed by atoms with Crippen molar-refractivity contribution in [3.8, 4) is 5.75 Å². The Hall–Kier alpha value is -2.04. The number of hydrogen-bond acceptors (Lipinski definition) is 3. The van der Waals surface area contributed by atoms with Crippen LogP contribution in [0.4, 0.5) is 0 Å². The zero-order valence-corrected chi connectivity index (χ0v) is 10.6. The molecule has 1 aromatic carbocycles. The molecule has 5 nitrogen and oxygen atoms in total. The molecule has 5 heteroatoms. The summed E-state index contributed by atoms with van der Waals surface area (Å²) in [6.45, 7) is 5.05. The average Bonchev–Trinajstić information content (AvgIpc) is 2.24. The maximum Gasteiger partial charge on any atom is 0.330 e. The molecule has 1 aromatic rings. The summed E-state index contributed by atoms with van der Waals surface area (Å²) in [6.07, 6.45) is 0.00398. The van der Waals surface area contributed by atoms with Crippen molar-refractivity contribution in [3.05, 3.63) is 29.8 Å². The van der Waals surface area contributed by atoms with Crippen LogP contribution < -0.4 is 10.1 Å². The first-order chi connectivity index (χ1) is 8.40. The lowest BCUT2D eigenvalue weighted by Crippen LogP contribution is -2.31. The highest BCUT2D eigenvalue weighted by Gasteiger charge is 2.21. The average molecular weight is 251 g/mol. The Morgan fingerprint density at radius 2 is 2.00 bits per heavy atom. The van der Waals surface area contributed by atoms with Crippen LogP contribution in [0.5, 0.6) is 5.75 Å². The maximum absolute atomic E-state index is 11.1. The lowest BCUT2D eigenvalue weighted by atomic mass is 10.1. The number of hydrogen-bond donors (Lipinski definition) is 2. The predicted octanol–water partition coefficient (Wildman–Crippen LogP) is 1.74. The van der Waals surface area contributed by atoms with E-state index in [2.05, 4.69) is 5.32 Å². The van der Waals surface area contributed by atoms with Gasteiger partial charge in [0.25, 0.3) is 0 Å². The number of nitrogens with one attached hydrogen (secondary N) is 1. The largest absolute Gasteiger partial charge is 0.491 e. The van der Waals surface area contributed by atoms with Crippen molar-refractivity contribution in [2.45, 2.75) is 32.9 Å². The zero-order chi connectivity index (χ0) is 13.7. The molecule has 1 atom stereocenters. The summed E-state index contributed by atoms with van der Waals surface area (Å²) in [5, 5.41) is 11.5. The second-order valence-corrected chi connectivity index (χ2v) is 4.21. The van der Waals surface area contributed by atoms with Gasteiger partial charge in [0.2, 0.25) is 5.91 Å². The van der Waals surface area contributed by atoms with E-state index in [1.807, 2.05) is 13.8 Å². The quantitative estimate of drug-likeness (QED) is 0.835. The smallest absolute Gasteiger partial charge is 0.330 e. The van der Waals surface area contributed by atoms with Crippen LogP contribution in [0.2, 0.25) is 0 Å². The molecule has 0 radical (unpaired) electrons. The number of rotatable bonds is 5. The summed E-state index contributed by atoms with van der Waals surface area (Å²) < 4.78 is 5.48. The van der Waals surface area contributed by atoms with Crippen LogP contribution in [0.15, 0.2) is 24.3 Å². The van der Waals surface area contributed by atoms with Crippen LogP contribution in [0.25, 0.3) is 0 Å². The van der Waals surface area contributed by atoms with Gasteiger partial charge in [-0.2, -0.15) is 0 Å². The number of carbonyl (C=O) groups excluding carboxylic acids is 1. The van der Waals surface area contributed by atoms with Gasteiger partial charge >= 0.3 is 5.97 Å². The van der Waals surface area contributed by atoms with Crippen molar-refractivity contribution < 1.29 is 19.4 Å². The van der Waals surface area contributed by atoms with E-state index in [0.717, 1.165) is 0 Å². The van der Waals surface area contributed by atoms with Crippen LogP contribution in [-0.2, 0) is 9.59 Å². The number of carbonyl (C=O) groups is 2. The lowest BCUT2D eigenvalue weighted by molar-refractivity contribution is -0.141. The van der Waals surface area contributed by atoms with Gasteiger partial charge in [-0.1, -0.05) is 12.1 Å². The highest BCUT2D eigenvalue weighted by Crippen LogP contribution is 2.20. The Bertz CT molecular complexity index is 442. The van der Waals surface area contributed by atoms with E-state index in [-0.39, 0.29) is 6.10 Å². The third kappa shape index (κ3) is 4.08. The summed E-state index contributed by atoms with van der Waals surface area (Å²) in [5.41, 5.74) is 0.482. The number of benzene rings is 1. The Morgan fingerprint density at radius 1 is 1.33 bits per heavy atom. The van der Waals surface area contributed by atoms with E-state index >= 15 is 0 Å². The summed E-state index contributed by atoms with van der Waals surface area (Å²) in [4.78, 5) is 22.1. The summed E-state index contributed by atoms with van der Waals surface area (Å²) >= 11 is 0. The van der Waals surface area contributed by atoms with Gasteiger partial charge in [0, 0.05) is 6.92 Å². The molecule has 1 unspecified atom stereocenters. The normalized spacial score (nSPS) is 12.0. The molecule has 0 aliphatic rings. The Morgan fingerprint density at radius 3 is 2.50 bits per heavy atom. The van der Waals surface area contributed by atoms with Crippen LogP contribution in [0.1, 0.15) is 32.4 Å². The molecule has 2 N–H and O–H groups in total. The first kappa shape index (κ1) is 14.0. The number of amides is 1. The summed E-state index contributed by atoms with van der Waals surface area (Å²) in [6, 6.07) is 5.65. The SMILES string of the molecule is CC(=O)NC(C(=O)O)c1cccc(OC(C)C)c1. The monoisotopic (exact) mass is 251 g/mol. The van der Waals surface area contributed by atoms with Crippen molar-refractivity contribution in [1.29, 1.82) is 0 Å².